The van der Waals surface area contributed by atoms with Gasteiger partial charge < -0.3 is 21.9 Å². The van der Waals surface area contributed by atoms with E-state index in [0.717, 1.165) is 66.4 Å². The first-order valence-electron chi connectivity index (χ1n) is 13.7. The Morgan fingerprint density at radius 3 is 2.38 bits per heavy atom. The summed E-state index contributed by atoms with van der Waals surface area (Å²) in [5.74, 6) is -1.72. The van der Waals surface area contributed by atoms with Crippen LogP contribution in [0.4, 0.5) is 10.1 Å². The van der Waals surface area contributed by atoms with E-state index >= 15 is 0 Å². The fourth-order valence-electron chi connectivity index (χ4n) is 6.44. The number of halogens is 1. The quantitative estimate of drug-likeness (QED) is 0.360. The lowest BCUT2D eigenvalue weighted by molar-refractivity contribution is -0.135. The summed E-state index contributed by atoms with van der Waals surface area (Å²) in [7, 11) is 0. The molecule has 0 unspecified atom stereocenters. The lowest BCUT2D eigenvalue weighted by atomic mass is 9.62. The summed E-state index contributed by atoms with van der Waals surface area (Å²) < 4.78 is 16.0. The van der Waals surface area contributed by atoms with Crippen LogP contribution in [0.3, 0.4) is 0 Å². The molecule has 0 radical (unpaired) electrons. The summed E-state index contributed by atoms with van der Waals surface area (Å²) in [6.45, 7) is -0.278. The number of carbonyl (C=O) groups is 3. The van der Waals surface area contributed by atoms with Crippen LogP contribution in [0.2, 0.25) is 0 Å². The number of anilines is 1. The smallest absolute Gasteiger partial charge is 0.317 e. The van der Waals surface area contributed by atoms with Gasteiger partial charge in [-0.3, -0.25) is 19.0 Å². The maximum absolute atomic E-state index is 14.3. The molecular formula is C30H35FN4O4. The van der Waals surface area contributed by atoms with Crippen molar-refractivity contribution in [2.45, 2.75) is 70.3 Å². The zero-order valence-electron chi connectivity index (χ0n) is 22.0. The fourth-order valence-corrected chi connectivity index (χ4v) is 6.44. The van der Waals surface area contributed by atoms with Crippen molar-refractivity contribution in [3.8, 4) is 11.1 Å². The van der Waals surface area contributed by atoms with Crippen LogP contribution in [0.25, 0.3) is 22.0 Å². The van der Waals surface area contributed by atoms with Crippen molar-refractivity contribution < 1.29 is 23.9 Å². The fraction of sp³-hybridized carbons (Fsp3) is 0.433. The number of primary amides is 1. The highest BCUT2D eigenvalue weighted by Gasteiger charge is 2.45. The Balaban J connectivity index is 0.000000567. The van der Waals surface area contributed by atoms with E-state index in [4.69, 9.17) is 10.8 Å². The molecule has 1 aromatic heterocycles. The van der Waals surface area contributed by atoms with Gasteiger partial charge in [0.15, 0.2) is 0 Å². The van der Waals surface area contributed by atoms with E-state index in [1.54, 1.807) is 16.7 Å². The lowest BCUT2D eigenvalue weighted by Crippen LogP contribution is -2.40. The van der Waals surface area contributed by atoms with Crippen molar-refractivity contribution in [2.24, 2.45) is 16.9 Å². The highest BCUT2D eigenvalue weighted by molar-refractivity contribution is 6.06. The van der Waals surface area contributed by atoms with E-state index < -0.39 is 11.9 Å². The molecule has 1 amide bonds. The molecule has 206 valence electrons. The maximum Gasteiger partial charge on any atom is 0.317 e. The molecule has 6 rings (SSSR count). The molecule has 1 aliphatic heterocycles. The Hall–Kier alpha value is -3.72. The molecule has 2 fully saturated rings. The Morgan fingerprint density at radius 1 is 1.05 bits per heavy atom. The van der Waals surface area contributed by atoms with Gasteiger partial charge in [0.25, 0.3) is 5.91 Å². The molecule has 0 atom stereocenters. The number of carbonyl (C=O) groups excluding carboxylic acids is 2. The molecular weight excluding hydrogens is 499 g/mol. The first-order valence-corrected chi connectivity index (χ1v) is 13.7. The SMILES string of the molecule is NC(=O)c1ccc(-c2c3n(c4cc(F)ccc24)C(=O)CC2(CCC2)C3)cc1NC1CCCCC1.NCC(=O)O. The van der Waals surface area contributed by atoms with Crippen LogP contribution in [-0.2, 0) is 11.2 Å². The lowest BCUT2D eigenvalue weighted by Gasteiger charge is -2.44. The topological polar surface area (TPSA) is 140 Å². The van der Waals surface area contributed by atoms with Crippen LogP contribution in [0.15, 0.2) is 36.4 Å². The van der Waals surface area contributed by atoms with Gasteiger partial charge in [-0.25, -0.2) is 4.39 Å². The molecule has 2 aromatic carbocycles. The van der Waals surface area contributed by atoms with E-state index in [1.165, 1.54) is 31.4 Å². The Bertz CT molecular complexity index is 1440. The van der Waals surface area contributed by atoms with Gasteiger partial charge >= 0.3 is 5.97 Å². The molecule has 6 N–H and O–H groups in total. The van der Waals surface area contributed by atoms with Gasteiger partial charge in [-0.05, 0) is 73.4 Å². The van der Waals surface area contributed by atoms with Crippen LogP contribution in [0.5, 0.6) is 0 Å². The molecule has 2 heterocycles. The van der Waals surface area contributed by atoms with Crippen LogP contribution < -0.4 is 16.8 Å². The van der Waals surface area contributed by atoms with Gasteiger partial charge in [0.2, 0.25) is 5.91 Å². The van der Waals surface area contributed by atoms with Crippen molar-refractivity contribution in [1.82, 2.24) is 4.57 Å². The van der Waals surface area contributed by atoms with Crippen molar-refractivity contribution in [2.75, 3.05) is 11.9 Å². The zero-order chi connectivity index (χ0) is 27.7. The predicted molar refractivity (Wildman–Crippen MR) is 148 cm³/mol. The summed E-state index contributed by atoms with van der Waals surface area (Å²) in [6, 6.07) is 10.7. The maximum atomic E-state index is 14.3. The number of benzene rings is 2. The first kappa shape index (κ1) is 26.9. The second kappa shape index (κ2) is 10.8. The Kier molecular flexibility index (Phi) is 7.44. The number of aromatic nitrogens is 1. The normalized spacial score (nSPS) is 18.2. The largest absolute Gasteiger partial charge is 0.480 e. The number of hydrogen-bond acceptors (Lipinski definition) is 5. The van der Waals surface area contributed by atoms with Crippen molar-refractivity contribution in [3.63, 3.8) is 0 Å². The summed E-state index contributed by atoms with van der Waals surface area (Å²) in [5, 5.41) is 12.1. The number of aliphatic carboxylic acids is 1. The number of nitrogens with one attached hydrogen (secondary N) is 1. The molecule has 39 heavy (non-hydrogen) atoms. The predicted octanol–water partition coefficient (Wildman–Crippen LogP) is 5.08. The Labute approximate surface area is 226 Å². The summed E-state index contributed by atoms with van der Waals surface area (Å²) in [5.41, 5.74) is 15.0. The van der Waals surface area contributed by atoms with E-state index in [9.17, 15) is 18.8 Å². The van der Waals surface area contributed by atoms with Gasteiger partial charge in [0, 0.05) is 34.8 Å². The third-order valence-corrected chi connectivity index (χ3v) is 8.47. The van der Waals surface area contributed by atoms with Crippen molar-refractivity contribution >= 4 is 34.4 Å². The molecule has 0 saturated heterocycles. The summed E-state index contributed by atoms with van der Waals surface area (Å²) >= 11 is 0. The average Bonchev–Trinajstić information content (AvgIpc) is 3.22. The van der Waals surface area contributed by atoms with E-state index in [-0.39, 0.29) is 23.7 Å². The zero-order valence-corrected chi connectivity index (χ0v) is 22.0. The molecule has 1 spiro atoms. The molecule has 3 aromatic rings. The number of carboxylic acids is 1. The number of hydrogen-bond donors (Lipinski definition) is 4. The van der Waals surface area contributed by atoms with Crippen molar-refractivity contribution in [3.05, 3.63) is 53.5 Å². The third kappa shape index (κ3) is 5.28. The molecule has 3 aliphatic rings. The minimum Gasteiger partial charge on any atom is -0.480 e. The molecule has 0 bridgehead atoms. The third-order valence-electron chi connectivity index (χ3n) is 8.47. The van der Waals surface area contributed by atoms with Crippen LogP contribution >= 0.6 is 0 Å². The number of carboxylic acid groups (broad SMARTS) is 1. The van der Waals surface area contributed by atoms with E-state index in [0.29, 0.717) is 23.5 Å². The number of nitrogens with zero attached hydrogens (tertiary/aromatic N) is 1. The first-order chi connectivity index (χ1) is 18.7. The van der Waals surface area contributed by atoms with Crippen LogP contribution in [0.1, 0.15) is 78.6 Å². The summed E-state index contributed by atoms with van der Waals surface area (Å²) in [6.07, 6.45) is 10.4. The van der Waals surface area contributed by atoms with Gasteiger partial charge in [0.05, 0.1) is 17.6 Å². The highest BCUT2D eigenvalue weighted by atomic mass is 19.1. The Morgan fingerprint density at radius 2 is 1.77 bits per heavy atom. The van der Waals surface area contributed by atoms with E-state index in [2.05, 4.69) is 11.1 Å². The highest BCUT2D eigenvalue weighted by Crippen LogP contribution is 2.52. The van der Waals surface area contributed by atoms with Gasteiger partial charge in [-0.2, -0.15) is 0 Å². The number of amides is 1. The molecule has 2 aliphatic carbocycles. The minimum atomic E-state index is -0.968. The van der Waals surface area contributed by atoms with Gasteiger partial charge in [0.1, 0.15) is 5.82 Å². The van der Waals surface area contributed by atoms with Crippen LogP contribution in [0, 0.1) is 11.2 Å². The summed E-state index contributed by atoms with van der Waals surface area (Å²) in [4.78, 5) is 34.8. The van der Waals surface area contributed by atoms with Gasteiger partial charge in [-0.1, -0.05) is 31.7 Å². The van der Waals surface area contributed by atoms with Crippen LogP contribution in [-0.4, -0.2) is 40.0 Å². The second-order valence-corrected chi connectivity index (χ2v) is 11.1. The molecule has 8 nitrogen and oxygen atoms in total. The standard InChI is InChI=1S/C28H30FN3O2.C2H5NO2/c29-18-8-10-21-23(14-18)32-24(15-28(11-4-12-28)16-25(32)33)26(21)17-7-9-20(27(30)34)22(13-17)31-19-5-2-1-3-6-19;3-1-2(4)5/h7-10,13-14,19,31H,1-6,11-12,15-16H2,(H2,30,34);1,3H2,(H,4,5). The van der Waals surface area contributed by atoms with E-state index in [1.807, 2.05) is 12.1 Å². The van der Waals surface area contributed by atoms with Crippen molar-refractivity contribution in [1.29, 1.82) is 0 Å². The number of nitrogens with two attached hydrogens (primary N) is 2. The monoisotopic (exact) mass is 534 g/mol. The number of fused-ring (bicyclic) bond motifs is 3. The molecule has 9 heteroatoms. The molecule has 2 saturated carbocycles. The second-order valence-electron chi connectivity index (χ2n) is 11.1. The van der Waals surface area contributed by atoms with Gasteiger partial charge in [-0.15, -0.1) is 0 Å². The number of rotatable bonds is 5. The average molecular weight is 535 g/mol. The minimum absolute atomic E-state index is 0.0328.